The highest BCUT2D eigenvalue weighted by Gasteiger charge is 2.20. The van der Waals surface area contributed by atoms with E-state index in [-0.39, 0.29) is 0 Å². The summed E-state index contributed by atoms with van der Waals surface area (Å²) >= 11 is 0. The van der Waals surface area contributed by atoms with Gasteiger partial charge in [0.15, 0.2) is 5.58 Å². The van der Waals surface area contributed by atoms with Crippen LogP contribution in [0.1, 0.15) is 45.2 Å². The first-order valence-electron chi connectivity index (χ1n) is 33.3. The summed E-state index contributed by atoms with van der Waals surface area (Å²) in [5.74, 6) is 0. The van der Waals surface area contributed by atoms with Crippen LogP contribution in [0, 0.1) is 0 Å². The lowest BCUT2D eigenvalue weighted by Gasteiger charge is -2.14. The lowest BCUT2D eigenvalue weighted by atomic mass is 10.0. The van der Waals surface area contributed by atoms with E-state index in [0.717, 1.165) is 15.2 Å². The quantitative estimate of drug-likeness (QED) is 0.171. The summed E-state index contributed by atoms with van der Waals surface area (Å²) in [7, 11) is 0. The molecule has 57 heavy (non-hydrogen) atoms. The molecule has 3 heterocycles. The first-order valence-corrected chi connectivity index (χ1v) is 16.8. The third kappa shape index (κ3) is 4.86. The van der Waals surface area contributed by atoms with Gasteiger partial charge in [0.1, 0.15) is 5.58 Å². The topological polar surface area (TPSA) is 23.0 Å². The van der Waals surface area contributed by atoms with Crippen molar-refractivity contribution < 1.29 is 49.7 Å². The molecule has 3 nitrogen and oxygen atoms in total. The van der Waals surface area contributed by atoms with Gasteiger partial charge in [-0.15, -0.1) is 0 Å². The van der Waals surface area contributed by atoms with Gasteiger partial charge >= 0.3 is 0 Å². The fourth-order valence-corrected chi connectivity index (χ4v) is 6.87. The van der Waals surface area contributed by atoms with Gasteiger partial charge in [-0.05, 0) is 88.2 Å². The van der Waals surface area contributed by atoms with Crippen LogP contribution < -0.4 is 0 Å². The molecule has 0 bridgehead atoms. The normalized spacial score (nSPS) is 20.0. The van der Waals surface area contributed by atoms with E-state index < -0.39 is 310 Å². The summed E-state index contributed by atoms with van der Waals surface area (Å²) in [6, 6.07) is -29.9. The van der Waals surface area contributed by atoms with E-state index in [1.165, 1.54) is 0 Å². The molecule has 12 rings (SSSR count). The molecule has 0 radical (unpaired) electrons. The molecule has 0 spiro atoms. The minimum absolute atomic E-state index is 0.551. The molecule has 0 amide bonds. The molecule has 3 heteroatoms. The molecule has 266 valence electrons. The number of aromatic nitrogens is 2. The Morgan fingerprint density at radius 1 is 0.333 bits per heavy atom. The summed E-state index contributed by atoms with van der Waals surface area (Å²) in [5.41, 5.74) is -10.2. The smallest absolute Gasteiger partial charge is 0.159 e. The van der Waals surface area contributed by atoms with Crippen molar-refractivity contribution in [2.75, 3.05) is 0 Å². The number of fused-ring (bicyclic) bond motifs is 9. The first kappa shape index (κ1) is 13.3. The van der Waals surface area contributed by atoms with Crippen molar-refractivity contribution in [3.63, 3.8) is 0 Å². The Balaban J connectivity index is 1.25. The maximum atomic E-state index is 10.1. The van der Waals surface area contributed by atoms with Crippen molar-refractivity contribution in [1.29, 1.82) is 0 Å². The lowest BCUT2D eigenvalue weighted by Crippen LogP contribution is -1.97. The fourth-order valence-electron chi connectivity index (χ4n) is 6.87. The van der Waals surface area contributed by atoms with Gasteiger partial charge in [0, 0.05) is 37.9 Å². The summed E-state index contributed by atoms with van der Waals surface area (Å²) in [5, 5.41) is -3.80. The van der Waals surface area contributed by atoms with E-state index in [1.807, 2.05) is 0 Å². The molecule has 0 saturated heterocycles. The zero-order chi connectivity index (χ0) is 66.2. The standard InChI is InChI=1S/C54H34N2O/c1-3-14-35(15-4-1)39-26-29-43-44-21-13-25-52(54(44)57-53(43)34-39)56-49-24-12-9-20-42(49)46-33-38(28-31-51(46)56)37-27-30-50-45(32-37)41-19-8-11-23-48(41)55(50)47-22-10-7-18-40(47)36-16-5-2-6-17-36/h1-34H/i1D,2D,3D,4D,5D,6D,7D,8D,9D,10D,11D,12D,13D,14D,15D,16D,18D,19D,20D,21D,22D,23D,24D,25D,26D,27D,28D,29D,30D,31D,32D,33D,34D. The summed E-state index contributed by atoms with van der Waals surface area (Å²) < 4.78 is 307. The Kier molecular flexibility index (Phi) is 2.90. The number of rotatable bonds is 5. The Morgan fingerprint density at radius 2 is 0.860 bits per heavy atom. The summed E-state index contributed by atoms with van der Waals surface area (Å²) in [6.45, 7) is 0. The molecule has 3 aromatic heterocycles. The Bertz CT molecular complexity index is 5440. The van der Waals surface area contributed by atoms with Crippen LogP contribution in [0.3, 0.4) is 0 Å². The number of para-hydroxylation sites is 4. The highest BCUT2D eigenvalue weighted by molar-refractivity contribution is 6.15. The zero-order valence-corrected chi connectivity index (χ0v) is 28.4. The highest BCUT2D eigenvalue weighted by atomic mass is 16.3. The average molecular weight is 760 g/mol. The second-order valence-corrected chi connectivity index (χ2v) is 12.4. The maximum absolute atomic E-state index is 10.1. The zero-order valence-electron chi connectivity index (χ0n) is 61.4. The number of nitrogens with zero attached hydrogens (tertiary/aromatic N) is 2. The van der Waals surface area contributed by atoms with Gasteiger partial charge in [0.25, 0.3) is 0 Å². The molecule has 0 saturated carbocycles. The van der Waals surface area contributed by atoms with E-state index in [2.05, 4.69) is 0 Å². The molecular weight excluding hydrogens is 693 g/mol. The van der Waals surface area contributed by atoms with Crippen LogP contribution in [0.25, 0.3) is 110 Å². The number of furan rings is 1. The first-order chi connectivity index (χ1) is 42.0. The molecule has 0 unspecified atom stereocenters. The minimum atomic E-state index is -1.12. The van der Waals surface area contributed by atoms with Crippen LogP contribution in [-0.2, 0) is 0 Å². The number of hydrogen-bond donors (Lipinski definition) is 0. The van der Waals surface area contributed by atoms with Gasteiger partial charge in [0.2, 0.25) is 0 Å². The van der Waals surface area contributed by atoms with Crippen LogP contribution in [0.4, 0.5) is 0 Å². The van der Waals surface area contributed by atoms with Gasteiger partial charge in [-0.25, -0.2) is 0 Å². The predicted molar refractivity (Wildman–Crippen MR) is 239 cm³/mol. The van der Waals surface area contributed by atoms with Gasteiger partial charge in [-0.3, -0.25) is 0 Å². The van der Waals surface area contributed by atoms with E-state index in [4.69, 9.17) is 30.5 Å². The minimum Gasteiger partial charge on any atom is -0.454 e. The van der Waals surface area contributed by atoms with Crippen molar-refractivity contribution in [3.05, 3.63) is 205 Å². The van der Waals surface area contributed by atoms with Crippen LogP contribution in [-0.4, -0.2) is 9.13 Å². The number of benzene rings is 9. The van der Waals surface area contributed by atoms with Crippen molar-refractivity contribution >= 4 is 65.6 Å². The van der Waals surface area contributed by atoms with Crippen molar-refractivity contribution in [2.45, 2.75) is 0 Å². The fraction of sp³-hybridized carbons (Fsp3) is 0. The van der Waals surface area contributed by atoms with Gasteiger partial charge in [-0.2, -0.15) is 0 Å². The van der Waals surface area contributed by atoms with E-state index >= 15 is 0 Å². The van der Waals surface area contributed by atoms with E-state index in [9.17, 15) is 19.2 Å². The van der Waals surface area contributed by atoms with Crippen LogP contribution in [0.5, 0.6) is 0 Å². The van der Waals surface area contributed by atoms with Gasteiger partial charge in [0.05, 0.1) is 78.7 Å². The third-order valence-corrected chi connectivity index (χ3v) is 9.29. The molecule has 0 N–H and O–H groups in total. The SMILES string of the molecule is [2H]c1cc(-c2c([2H])c([2H])c([2H])c([2H])c2-n2c3c([2H])c([2H])c([2H])c([2H])c3c3c([2H])c(-c4c([2H])c([2H])c5c(c4[2H])c4c([2H])c([2H])c([2H])c([2H])c4n5-c4c([2H])c([2H])c([2H])c5c4oc4c([2H])c(-c6c([2H])c([2H])c([2H])c([2H])c6[2H])c([2H])c([2H])c45)c([2H])c([2H])c32)c([2H])c([2H])c1[2H]. The molecule has 12 aromatic rings. The Morgan fingerprint density at radius 3 is 1.60 bits per heavy atom. The Labute approximate surface area is 375 Å². The molecule has 0 aliphatic heterocycles. The van der Waals surface area contributed by atoms with E-state index in [0.29, 0.717) is 0 Å². The van der Waals surface area contributed by atoms with Crippen LogP contribution >= 0.6 is 0 Å². The molecule has 0 aliphatic carbocycles. The van der Waals surface area contributed by atoms with Crippen molar-refractivity contribution in [2.24, 2.45) is 0 Å². The molecule has 0 aliphatic rings. The lowest BCUT2D eigenvalue weighted by molar-refractivity contribution is 0.666. The summed E-state index contributed by atoms with van der Waals surface area (Å²) in [4.78, 5) is 0. The largest absolute Gasteiger partial charge is 0.454 e. The average Bonchev–Trinajstić information content (AvgIpc) is 1.51. The van der Waals surface area contributed by atoms with Crippen molar-refractivity contribution in [3.8, 4) is 44.8 Å². The second-order valence-electron chi connectivity index (χ2n) is 12.4. The molecular formula is C54H34N2O. The molecule has 9 aromatic carbocycles. The Hall–Kier alpha value is -7.62. The monoisotopic (exact) mass is 759 g/mol. The highest BCUT2D eigenvalue weighted by Crippen LogP contribution is 2.42. The predicted octanol–water partition coefficient (Wildman–Crippen LogP) is 14.8. The third-order valence-electron chi connectivity index (χ3n) is 9.29. The van der Waals surface area contributed by atoms with E-state index in [1.54, 1.807) is 0 Å². The molecule has 0 atom stereocenters. The van der Waals surface area contributed by atoms with Gasteiger partial charge in [-0.1, -0.05) is 145 Å². The van der Waals surface area contributed by atoms with Crippen molar-refractivity contribution in [1.82, 2.24) is 9.13 Å². The van der Waals surface area contributed by atoms with Crippen LogP contribution in [0.15, 0.2) is 210 Å². The number of hydrogen-bond acceptors (Lipinski definition) is 1. The maximum Gasteiger partial charge on any atom is 0.159 e. The van der Waals surface area contributed by atoms with Gasteiger partial charge < -0.3 is 13.6 Å². The summed E-state index contributed by atoms with van der Waals surface area (Å²) in [6.07, 6.45) is 0. The second kappa shape index (κ2) is 12.5. The molecule has 0 fully saturated rings. The van der Waals surface area contributed by atoms with Crippen LogP contribution in [0.2, 0.25) is 0 Å².